The van der Waals surface area contributed by atoms with Gasteiger partial charge in [0.1, 0.15) is 11.6 Å². The molecule has 0 fully saturated rings. The molecule has 0 saturated carbocycles. The zero-order chi connectivity index (χ0) is 14.2. The summed E-state index contributed by atoms with van der Waals surface area (Å²) in [5, 5.41) is 0. The Morgan fingerprint density at radius 2 is 1.95 bits per heavy atom. The number of aromatic nitrogens is 2. The number of H-pyrrole nitrogens is 1. The predicted octanol–water partition coefficient (Wildman–Crippen LogP) is 3.20. The van der Waals surface area contributed by atoms with Gasteiger partial charge in [-0.2, -0.15) is 13.2 Å². The minimum Gasteiger partial charge on any atom is -0.306 e. The van der Waals surface area contributed by atoms with Crippen LogP contribution >= 0.6 is 22.6 Å². The van der Waals surface area contributed by atoms with Crippen molar-refractivity contribution in [3.8, 4) is 11.4 Å². The lowest BCUT2D eigenvalue weighted by Crippen LogP contribution is -2.14. The summed E-state index contributed by atoms with van der Waals surface area (Å²) >= 11 is 1.70. The third kappa shape index (κ3) is 2.94. The summed E-state index contributed by atoms with van der Waals surface area (Å²) in [7, 11) is 0. The highest BCUT2D eigenvalue weighted by Crippen LogP contribution is 2.36. The molecule has 8 heteroatoms. The first-order valence-electron chi connectivity index (χ1n) is 4.91. The molecule has 1 aromatic heterocycles. The number of aromatic amines is 1. The van der Waals surface area contributed by atoms with Gasteiger partial charge >= 0.3 is 6.18 Å². The fraction of sp³-hybridized carbons (Fsp3) is 0.0909. The van der Waals surface area contributed by atoms with Crippen molar-refractivity contribution in [2.75, 3.05) is 0 Å². The first kappa shape index (κ1) is 14.0. The lowest BCUT2D eigenvalue weighted by molar-refractivity contribution is -0.137. The van der Waals surface area contributed by atoms with Crippen molar-refractivity contribution in [2.45, 2.75) is 6.18 Å². The van der Waals surface area contributed by atoms with E-state index >= 15 is 0 Å². The van der Waals surface area contributed by atoms with Gasteiger partial charge in [-0.3, -0.25) is 4.79 Å². The van der Waals surface area contributed by atoms with Crippen LogP contribution in [0.25, 0.3) is 11.4 Å². The average Bonchev–Trinajstić information content (AvgIpc) is 2.32. The molecule has 2 rings (SSSR count). The summed E-state index contributed by atoms with van der Waals surface area (Å²) in [6.45, 7) is 0. The fourth-order valence-electron chi connectivity index (χ4n) is 1.47. The topological polar surface area (TPSA) is 45.8 Å². The summed E-state index contributed by atoms with van der Waals surface area (Å²) < 4.78 is 51.6. The molecular weight excluding hydrogens is 379 g/mol. The molecule has 100 valence electrons. The fourth-order valence-corrected chi connectivity index (χ4v) is 1.75. The van der Waals surface area contributed by atoms with E-state index in [4.69, 9.17) is 0 Å². The van der Waals surface area contributed by atoms with Crippen molar-refractivity contribution >= 4 is 22.6 Å². The molecule has 0 saturated heterocycles. The summed E-state index contributed by atoms with van der Waals surface area (Å²) in [5.74, 6) is -1.26. The van der Waals surface area contributed by atoms with Crippen LogP contribution in [-0.4, -0.2) is 9.97 Å². The van der Waals surface area contributed by atoms with Crippen molar-refractivity contribution in [3.05, 3.63) is 49.7 Å². The average molecular weight is 384 g/mol. The van der Waals surface area contributed by atoms with Gasteiger partial charge in [-0.15, -0.1) is 0 Å². The molecule has 0 radical (unpaired) electrons. The number of benzene rings is 1. The molecule has 0 atom stereocenters. The predicted molar refractivity (Wildman–Crippen MR) is 68.0 cm³/mol. The van der Waals surface area contributed by atoms with E-state index in [9.17, 15) is 22.4 Å². The van der Waals surface area contributed by atoms with Gasteiger partial charge in [-0.25, -0.2) is 9.37 Å². The van der Waals surface area contributed by atoms with Gasteiger partial charge in [0, 0.05) is 11.8 Å². The van der Waals surface area contributed by atoms with Crippen molar-refractivity contribution in [3.63, 3.8) is 0 Å². The monoisotopic (exact) mass is 384 g/mol. The Balaban J connectivity index is 2.68. The maximum absolute atomic E-state index is 12.9. The Labute approximate surface area is 117 Å². The Kier molecular flexibility index (Phi) is 3.61. The zero-order valence-corrected chi connectivity index (χ0v) is 11.2. The molecule has 2 aromatic rings. The molecule has 19 heavy (non-hydrogen) atoms. The SMILES string of the molecule is O=c1[nH]c(-c2ccc(F)cc2C(F)(F)F)ncc1I. The summed E-state index contributed by atoms with van der Waals surface area (Å²) in [6.07, 6.45) is -3.59. The molecule has 0 unspecified atom stereocenters. The van der Waals surface area contributed by atoms with E-state index in [1.165, 1.54) is 0 Å². The Morgan fingerprint density at radius 3 is 2.53 bits per heavy atom. The van der Waals surface area contributed by atoms with Gasteiger partial charge in [0.15, 0.2) is 0 Å². The normalized spacial score (nSPS) is 11.6. The number of rotatable bonds is 1. The molecule has 0 spiro atoms. The van der Waals surface area contributed by atoms with Crippen LogP contribution in [0, 0.1) is 9.39 Å². The van der Waals surface area contributed by atoms with E-state index in [1.54, 1.807) is 22.6 Å². The Bertz CT molecular complexity index is 681. The van der Waals surface area contributed by atoms with E-state index in [0.717, 1.165) is 18.3 Å². The van der Waals surface area contributed by atoms with Crippen molar-refractivity contribution < 1.29 is 17.6 Å². The standard InChI is InChI=1S/C11H5F4IN2O/c12-5-1-2-6(7(3-5)11(13,14)15)9-17-4-8(16)10(19)18-9/h1-4H,(H,17,18,19). The van der Waals surface area contributed by atoms with Crippen molar-refractivity contribution in [2.24, 2.45) is 0 Å². The maximum Gasteiger partial charge on any atom is 0.417 e. The van der Waals surface area contributed by atoms with Crippen LogP contribution in [0.15, 0.2) is 29.2 Å². The quantitative estimate of drug-likeness (QED) is 0.607. The van der Waals surface area contributed by atoms with Crippen LogP contribution < -0.4 is 5.56 Å². The molecule has 0 bridgehead atoms. The summed E-state index contributed by atoms with van der Waals surface area (Å²) in [6, 6.07) is 2.18. The third-order valence-electron chi connectivity index (χ3n) is 2.30. The molecule has 1 aromatic carbocycles. The number of halogens is 5. The maximum atomic E-state index is 12.9. The molecule has 1 heterocycles. The summed E-state index contributed by atoms with van der Waals surface area (Å²) in [5.41, 5.74) is -2.11. The van der Waals surface area contributed by atoms with E-state index < -0.39 is 23.1 Å². The molecule has 0 aliphatic rings. The van der Waals surface area contributed by atoms with E-state index in [1.807, 2.05) is 0 Å². The van der Waals surface area contributed by atoms with Gasteiger partial charge < -0.3 is 4.98 Å². The highest BCUT2D eigenvalue weighted by Gasteiger charge is 2.34. The van der Waals surface area contributed by atoms with Crippen LogP contribution in [0.5, 0.6) is 0 Å². The minimum atomic E-state index is -4.74. The van der Waals surface area contributed by atoms with Gasteiger partial charge in [0.2, 0.25) is 0 Å². The second-order valence-electron chi connectivity index (χ2n) is 3.60. The number of hydrogen-bond acceptors (Lipinski definition) is 2. The minimum absolute atomic E-state index is 0.247. The second-order valence-corrected chi connectivity index (χ2v) is 4.76. The van der Waals surface area contributed by atoms with Gasteiger partial charge in [0.25, 0.3) is 5.56 Å². The molecule has 0 aliphatic heterocycles. The lowest BCUT2D eigenvalue weighted by atomic mass is 10.1. The Morgan fingerprint density at radius 1 is 1.26 bits per heavy atom. The highest BCUT2D eigenvalue weighted by atomic mass is 127. The Hall–Kier alpha value is -1.45. The third-order valence-corrected chi connectivity index (χ3v) is 3.07. The summed E-state index contributed by atoms with van der Waals surface area (Å²) in [4.78, 5) is 17.3. The van der Waals surface area contributed by atoms with Crippen LogP contribution in [0.4, 0.5) is 17.6 Å². The highest BCUT2D eigenvalue weighted by molar-refractivity contribution is 14.1. The largest absolute Gasteiger partial charge is 0.417 e. The van der Waals surface area contributed by atoms with Gasteiger partial charge in [-0.05, 0) is 40.8 Å². The molecule has 0 aliphatic carbocycles. The second kappa shape index (κ2) is 4.91. The van der Waals surface area contributed by atoms with Gasteiger partial charge in [-0.1, -0.05) is 0 Å². The molecule has 3 nitrogen and oxygen atoms in total. The number of nitrogens with zero attached hydrogens (tertiary/aromatic N) is 1. The van der Waals surface area contributed by atoms with Crippen LogP contribution in [0.2, 0.25) is 0 Å². The number of hydrogen-bond donors (Lipinski definition) is 1. The first-order valence-corrected chi connectivity index (χ1v) is 5.99. The van der Waals surface area contributed by atoms with Crippen molar-refractivity contribution in [1.82, 2.24) is 9.97 Å². The molecule has 0 amide bonds. The molecule has 1 N–H and O–H groups in total. The van der Waals surface area contributed by atoms with Crippen molar-refractivity contribution in [1.29, 1.82) is 0 Å². The van der Waals surface area contributed by atoms with Crippen LogP contribution in [0.3, 0.4) is 0 Å². The number of nitrogens with one attached hydrogen (secondary N) is 1. The lowest BCUT2D eigenvalue weighted by Gasteiger charge is -2.12. The number of alkyl halides is 3. The zero-order valence-electron chi connectivity index (χ0n) is 9.05. The van der Waals surface area contributed by atoms with Crippen LogP contribution in [0.1, 0.15) is 5.56 Å². The first-order chi connectivity index (χ1) is 8.79. The van der Waals surface area contributed by atoms with E-state index in [0.29, 0.717) is 6.07 Å². The smallest absolute Gasteiger partial charge is 0.306 e. The van der Waals surface area contributed by atoms with Gasteiger partial charge in [0.05, 0.1) is 9.13 Å². The van der Waals surface area contributed by atoms with Crippen LogP contribution in [-0.2, 0) is 6.18 Å². The molecular formula is C11H5F4IN2O. The van der Waals surface area contributed by atoms with E-state index in [-0.39, 0.29) is 15.0 Å². The van der Waals surface area contributed by atoms with E-state index in [2.05, 4.69) is 9.97 Å².